The Bertz CT molecular complexity index is 868. The van der Waals surface area contributed by atoms with E-state index in [1.165, 1.54) is 11.1 Å². The highest BCUT2D eigenvalue weighted by Gasteiger charge is 2.29. The van der Waals surface area contributed by atoms with Crippen LogP contribution in [0.5, 0.6) is 0 Å². The maximum absolute atomic E-state index is 13.3. The second kappa shape index (κ2) is 12.6. The summed E-state index contributed by atoms with van der Waals surface area (Å²) in [5, 5.41) is 3.07. The lowest BCUT2D eigenvalue weighted by atomic mass is 10.1. The van der Waals surface area contributed by atoms with Crippen molar-refractivity contribution in [3.8, 4) is 0 Å². The predicted molar refractivity (Wildman–Crippen MR) is 131 cm³/mol. The lowest BCUT2D eigenvalue weighted by molar-refractivity contribution is -0.139. The first-order valence-corrected chi connectivity index (χ1v) is 12.3. The summed E-state index contributed by atoms with van der Waals surface area (Å²) in [6.45, 7) is 10.6. The molecule has 0 fully saturated rings. The minimum absolute atomic E-state index is 0.00740. The molecule has 1 N–H and O–H groups in total. The number of nitrogens with one attached hydrogen (secondary N) is 1. The zero-order chi connectivity index (χ0) is 22.8. The molecule has 0 spiro atoms. The van der Waals surface area contributed by atoms with Crippen molar-refractivity contribution in [2.75, 3.05) is 5.75 Å². The van der Waals surface area contributed by atoms with Crippen molar-refractivity contribution in [2.24, 2.45) is 0 Å². The van der Waals surface area contributed by atoms with Crippen LogP contribution in [0.3, 0.4) is 0 Å². The first-order chi connectivity index (χ1) is 14.9. The van der Waals surface area contributed by atoms with Crippen LogP contribution in [-0.2, 0) is 21.9 Å². The minimum Gasteiger partial charge on any atom is -0.352 e. The van der Waals surface area contributed by atoms with E-state index in [1.807, 2.05) is 64.1 Å². The summed E-state index contributed by atoms with van der Waals surface area (Å²) in [4.78, 5) is 28.1. The molecule has 2 atom stereocenters. The topological polar surface area (TPSA) is 49.4 Å². The molecule has 0 heterocycles. The molecule has 0 radical (unpaired) electrons. The zero-order valence-corrected chi connectivity index (χ0v) is 20.3. The van der Waals surface area contributed by atoms with Gasteiger partial charge in [0.1, 0.15) is 6.04 Å². The van der Waals surface area contributed by atoms with E-state index in [-0.39, 0.29) is 17.9 Å². The minimum atomic E-state index is -0.472. The van der Waals surface area contributed by atoms with Crippen LogP contribution in [0, 0.1) is 13.8 Å². The number of carbonyl (C=O) groups excluding carboxylic acids is 2. The van der Waals surface area contributed by atoms with Crippen LogP contribution in [0.15, 0.2) is 48.5 Å². The van der Waals surface area contributed by atoms with Gasteiger partial charge in [0.15, 0.2) is 0 Å². The molecule has 2 rings (SSSR count). The van der Waals surface area contributed by atoms with Gasteiger partial charge in [-0.15, -0.1) is 11.8 Å². The molecule has 0 aliphatic heterocycles. The van der Waals surface area contributed by atoms with Crippen LogP contribution in [-0.4, -0.2) is 34.6 Å². The largest absolute Gasteiger partial charge is 0.352 e. The lowest BCUT2D eigenvalue weighted by Gasteiger charge is -2.32. The Balaban J connectivity index is 2.16. The van der Waals surface area contributed by atoms with Crippen LogP contribution >= 0.6 is 11.8 Å². The summed E-state index contributed by atoms with van der Waals surface area (Å²) >= 11 is 1.61. The van der Waals surface area contributed by atoms with E-state index in [4.69, 9.17) is 0 Å². The molecule has 2 aromatic carbocycles. The van der Waals surface area contributed by atoms with Crippen LogP contribution < -0.4 is 5.32 Å². The number of rotatable bonds is 11. The Morgan fingerprint density at radius 2 is 1.52 bits per heavy atom. The van der Waals surface area contributed by atoms with Gasteiger partial charge in [0.05, 0.1) is 5.75 Å². The van der Waals surface area contributed by atoms with Gasteiger partial charge in [-0.25, -0.2) is 0 Å². The van der Waals surface area contributed by atoms with Crippen molar-refractivity contribution < 1.29 is 9.59 Å². The van der Waals surface area contributed by atoms with E-state index >= 15 is 0 Å². The van der Waals surface area contributed by atoms with Crippen LogP contribution in [0.4, 0.5) is 0 Å². The molecule has 0 bridgehead atoms. The van der Waals surface area contributed by atoms with Gasteiger partial charge in [-0.1, -0.05) is 62.4 Å². The quantitative estimate of drug-likeness (QED) is 0.519. The first-order valence-electron chi connectivity index (χ1n) is 11.1. The highest BCUT2D eigenvalue weighted by molar-refractivity contribution is 7.99. The van der Waals surface area contributed by atoms with Gasteiger partial charge in [-0.3, -0.25) is 9.59 Å². The van der Waals surface area contributed by atoms with Crippen LogP contribution in [0.25, 0.3) is 0 Å². The van der Waals surface area contributed by atoms with Gasteiger partial charge in [0, 0.05) is 18.3 Å². The second-order valence-electron chi connectivity index (χ2n) is 8.11. The predicted octanol–water partition coefficient (Wildman–Crippen LogP) is 5.26. The van der Waals surface area contributed by atoms with Gasteiger partial charge >= 0.3 is 0 Å². The average Bonchev–Trinajstić information content (AvgIpc) is 2.76. The van der Waals surface area contributed by atoms with E-state index < -0.39 is 6.04 Å². The van der Waals surface area contributed by atoms with Gasteiger partial charge in [-0.2, -0.15) is 0 Å². The molecule has 4 nitrogen and oxygen atoms in total. The fraction of sp³-hybridized carbons (Fsp3) is 0.462. The molecule has 31 heavy (non-hydrogen) atoms. The zero-order valence-electron chi connectivity index (χ0n) is 19.5. The van der Waals surface area contributed by atoms with Crippen LogP contribution in [0.1, 0.15) is 55.9 Å². The molecular formula is C26H36N2O2S. The molecule has 2 amide bonds. The van der Waals surface area contributed by atoms with Gasteiger partial charge in [-0.05, 0) is 55.9 Å². The smallest absolute Gasteiger partial charge is 0.243 e. The standard InChI is InChI=1S/C26H36N2O2S/c1-6-21(5)27-26(30)24(7-2)28(16-22-14-10-8-12-19(22)3)25(29)18-31-17-23-15-11-9-13-20(23)4/h8-15,21,24H,6-7,16-18H2,1-5H3,(H,27,30). The average molecular weight is 441 g/mol. The monoisotopic (exact) mass is 440 g/mol. The summed E-state index contributed by atoms with van der Waals surface area (Å²) in [5.41, 5.74) is 4.69. The SMILES string of the molecule is CCC(C)NC(=O)C(CC)N(Cc1ccccc1C)C(=O)CSCc1ccccc1C. The van der Waals surface area contributed by atoms with Crippen molar-refractivity contribution in [2.45, 2.75) is 71.8 Å². The molecule has 2 aromatic rings. The third kappa shape index (κ3) is 7.42. The molecule has 0 saturated carbocycles. The van der Waals surface area contributed by atoms with Crippen molar-refractivity contribution in [3.05, 3.63) is 70.8 Å². The Kier molecular flexibility index (Phi) is 10.1. The maximum atomic E-state index is 13.3. The third-order valence-electron chi connectivity index (χ3n) is 5.73. The maximum Gasteiger partial charge on any atom is 0.243 e. The Morgan fingerprint density at radius 1 is 0.935 bits per heavy atom. The van der Waals surface area contributed by atoms with Crippen LogP contribution in [0.2, 0.25) is 0 Å². The van der Waals surface area contributed by atoms with E-state index in [9.17, 15) is 9.59 Å². The Morgan fingerprint density at radius 3 is 2.06 bits per heavy atom. The second-order valence-corrected chi connectivity index (χ2v) is 9.09. The molecule has 0 aliphatic rings. The first kappa shape index (κ1) is 25.0. The van der Waals surface area contributed by atoms with E-state index in [2.05, 4.69) is 24.4 Å². The summed E-state index contributed by atoms with van der Waals surface area (Å²) in [6, 6.07) is 15.9. The summed E-state index contributed by atoms with van der Waals surface area (Å²) in [6.07, 6.45) is 1.45. The van der Waals surface area contributed by atoms with Crippen molar-refractivity contribution in [3.63, 3.8) is 0 Å². The van der Waals surface area contributed by atoms with Crippen molar-refractivity contribution in [1.82, 2.24) is 10.2 Å². The molecule has 168 valence electrons. The molecule has 5 heteroatoms. The van der Waals surface area contributed by atoms with E-state index in [0.717, 1.165) is 23.3 Å². The Labute approximate surface area is 191 Å². The summed E-state index contributed by atoms with van der Waals surface area (Å²) < 4.78 is 0. The molecule has 0 saturated heterocycles. The molecule has 2 unspecified atom stereocenters. The molecular weight excluding hydrogens is 404 g/mol. The highest BCUT2D eigenvalue weighted by atomic mass is 32.2. The van der Waals surface area contributed by atoms with Gasteiger partial charge in [0.2, 0.25) is 11.8 Å². The van der Waals surface area contributed by atoms with Gasteiger partial charge < -0.3 is 10.2 Å². The van der Waals surface area contributed by atoms with Crippen molar-refractivity contribution >= 4 is 23.6 Å². The number of nitrogens with zero attached hydrogens (tertiary/aromatic N) is 1. The van der Waals surface area contributed by atoms with Gasteiger partial charge in [0.25, 0.3) is 0 Å². The van der Waals surface area contributed by atoms with Crippen molar-refractivity contribution in [1.29, 1.82) is 0 Å². The number of carbonyl (C=O) groups is 2. The number of aryl methyl sites for hydroxylation is 2. The lowest BCUT2D eigenvalue weighted by Crippen LogP contribution is -2.51. The molecule has 0 aromatic heterocycles. The number of hydrogen-bond acceptors (Lipinski definition) is 3. The Hall–Kier alpha value is -2.27. The highest BCUT2D eigenvalue weighted by Crippen LogP contribution is 2.20. The number of benzene rings is 2. The summed E-state index contributed by atoms with van der Waals surface area (Å²) in [5.74, 6) is 1.08. The van der Waals surface area contributed by atoms with E-state index in [0.29, 0.717) is 18.7 Å². The normalized spacial score (nSPS) is 12.8. The fourth-order valence-electron chi connectivity index (χ4n) is 3.43. The molecule has 0 aliphatic carbocycles. The number of hydrogen-bond donors (Lipinski definition) is 1. The van der Waals surface area contributed by atoms with E-state index in [1.54, 1.807) is 16.7 Å². The number of thioether (sulfide) groups is 1. The fourth-order valence-corrected chi connectivity index (χ4v) is 4.42. The number of amides is 2. The summed E-state index contributed by atoms with van der Waals surface area (Å²) in [7, 11) is 0. The third-order valence-corrected chi connectivity index (χ3v) is 6.70.